The van der Waals surface area contributed by atoms with E-state index in [0.717, 1.165) is 28.7 Å². The number of rotatable bonds is 4. The molecule has 1 fully saturated rings. The zero-order valence-electron chi connectivity index (χ0n) is 10.9. The maximum atomic E-state index is 9.61. The Morgan fingerprint density at radius 3 is 2.67 bits per heavy atom. The van der Waals surface area contributed by atoms with Gasteiger partial charge in [-0.2, -0.15) is 5.10 Å². The highest BCUT2D eigenvalue weighted by molar-refractivity contribution is 9.10. The zero-order chi connectivity index (χ0) is 13.2. The highest BCUT2D eigenvalue weighted by Gasteiger charge is 2.31. The Labute approximate surface area is 116 Å². The topological polar surface area (TPSA) is 59.3 Å². The average molecular weight is 318 g/mol. The molecule has 18 heavy (non-hydrogen) atoms. The van der Waals surface area contributed by atoms with Crippen molar-refractivity contribution in [1.29, 1.82) is 0 Å². The quantitative estimate of drug-likeness (QED) is 0.873. The molecule has 1 aliphatic rings. The van der Waals surface area contributed by atoms with Crippen LogP contribution in [0.1, 0.15) is 24.2 Å². The van der Waals surface area contributed by atoms with Crippen LogP contribution >= 0.6 is 15.9 Å². The van der Waals surface area contributed by atoms with Gasteiger partial charge in [0.05, 0.1) is 22.5 Å². The standard InChI is InChI=1S/C12H20BrN3O2/c1-9-11(13)10(16(2)15-9)7-14-12(8-17)3-5-18-6-4-12/h14,17H,3-8H2,1-2H3. The number of aryl methyl sites for hydroxylation is 2. The summed E-state index contributed by atoms with van der Waals surface area (Å²) < 4.78 is 8.26. The molecular formula is C12H20BrN3O2. The van der Waals surface area contributed by atoms with Crippen LogP contribution in [0.15, 0.2) is 4.47 Å². The number of aromatic nitrogens is 2. The molecule has 5 nitrogen and oxygen atoms in total. The number of nitrogens with one attached hydrogen (secondary N) is 1. The van der Waals surface area contributed by atoms with Gasteiger partial charge in [0.25, 0.3) is 0 Å². The normalized spacial score (nSPS) is 19.1. The van der Waals surface area contributed by atoms with E-state index in [-0.39, 0.29) is 12.1 Å². The van der Waals surface area contributed by atoms with E-state index in [0.29, 0.717) is 19.8 Å². The zero-order valence-corrected chi connectivity index (χ0v) is 12.5. The maximum Gasteiger partial charge on any atom is 0.0739 e. The van der Waals surface area contributed by atoms with Crippen LogP contribution in [-0.2, 0) is 18.3 Å². The molecule has 0 radical (unpaired) electrons. The van der Waals surface area contributed by atoms with Crippen LogP contribution < -0.4 is 5.32 Å². The lowest BCUT2D eigenvalue weighted by Crippen LogP contribution is -2.52. The summed E-state index contributed by atoms with van der Waals surface area (Å²) in [7, 11) is 1.93. The van der Waals surface area contributed by atoms with Gasteiger partial charge in [-0.15, -0.1) is 0 Å². The summed E-state index contributed by atoms with van der Waals surface area (Å²) in [4.78, 5) is 0. The molecule has 102 valence electrons. The SMILES string of the molecule is Cc1nn(C)c(CNC2(CO)CCOCC2)c1Br. The number of halogens is 1. The highest BCUT2D eigenvalue weighted by Crippen LogP contribution is 2.24. The molecule has 1 aliphatic heterocycles. The van der Waals surface area contributed by atoms with Crippen molar-refractivity contribution >= 4 is 15.9 Å². The fourth-order valence-electron chi connectivity index (χ4n) is 2.30. The van der Waals surface area contributed by atoms with Crippen LogP contribution in [0.25, 0.3) is 0 Å². The third kappa shape index (κ3) is 2.77. The maximum absolute atomic E-state index is 9.61. The Hall–Kier alpha value is -0.430. The van der Waals surface area contributed by atoms with E-state index in [2.05, 4.69) is 26.3 Å². The van der Waals surface area contributed by atoms with Gasteiger partial charge in [0.2, 0.25) is 0 Å². The van der Waals surface area contributed by atoms with Gasteiger partial charge in [0.1, 0.15) is 0 Å². The third-order valence-corrected chi connectivity index (χ3v) is 4.68. The molecule has 1 aromatic rings. The number of ether oxygens (including phenoxy) is 1. The molecule has 0 atom stereocenters. The summed E-state index contributed by atoms with van der Waals surface area (Å²) >= 11 is 3.56. The van der Waals surface area contributed by atoms with Crippen molar-refractivity contribution in [2.24, 2.45) is 7.05 Å². The second-order valence-corrected chi connectivity index (χ2v) is 5.67. The van der Waals surface area contributed by atoms with Crippen LogP contribution in [0.4, 0.5) is 0 Å². The van der Waals surface area contributed by atoms with Crippen molar-refractivity contribution in [2.75, 3.05) is 19.8 Å². The molecular weight excluding hydrogens is 298 g/mol. The molecule has 0 unspecified atom stereocenters. The van der Waals surface area contributed by atoms with Crippen molar-refractivity contribution in [3.63, 3.8) is 0 Å². The lowest BCUT2D eigenvalue weighted by Gasteiger charge is -2.36. The van der Waals surface area contributed by atoms with Gasteiger partial charge >= 0.3 is 0 Å². The van der Waals surface area contributed by atoms with Crippen molar-refractivity contribution < 1.29 is 9.84 Å². The number of hydrogen-bond donors (Lipinski definition) is 2. The smallest absolute Gasteiger partial charge is 0.0739 e. The van der Waals surface area contributed by atoms with E-state index < -0.39 is 0 Å². The van der Waals surface area contributed by atoms with Gasteiger partial charge in [-0.05, 0) is 35.7 Å². The summed E-state index contributed by atoms with van der Waals surface area (Å²) in [5.41, 5.74) is 1.88. The second-order valence-electron chi connectivity index (χ2n) is 4.87. The van der Waals surface area contributed by atoms with E-state index in [1.54, 1.807) is 0 Å². The lowest BCUT2D eigenvalue weighted by atomic mass is 9.91. The first-order chi connectivity index (χ1) is 8.58. The highest BCUT2D eigenvalue weighted by atomic mass is 79.9. The predicted octanol–water partition coefficient (Wildman–Crippen LogP) is 1.12. The molecule has 6 heteroatoms. The van der Waals surface area contributed by atoms with Gasteiger partial charge in [-0.25, -0.2) is 0 Å². The molecule has 1 aromatic heterocycles. The fourth-order valence-corrected chi connectivity index (χ4v) is 2.77. The van der Waals surface area contributed by atoms with Crippen LogP contribution in [0.5, 0.6) is 0 Å². The Morgan fingerprint density at radius 1 is 1.50 bits per heavy atom. The lowest BCUT2D eigenvalue weighted by molar-refractivity contribution is 0.0109. The molecule has 0 saturated carbocycles. The number of nitrogens with zero attached hydrogens (tertiary/aromatic N) is 2. The van der Waals surface area contributed by atoms with Crippen LogP contribution in [-0.4, -0.2) is 40.2 Å². The Morgan fingerprint density at radius 2 is 2.17 bits per heavy atom. The molecule has 0 spiro atoms. The van der Waals surface area contributed by atoms with Crippen molar-refractivity contribution in [3.05, 3.63) is 15.9 Å². The fraction of sp³-hybridized carbons (Fsp3) is 0.750. The van der Waals surface area contributed by atoms with Crippen molar-refractivity contribution in [1.82, 2.24) is 15.1 Å². The third-order valence-electron chi connectivity index (χ3n) is 3.65. The largest absolute Gasteiger partial charge is 0.394 e. The Kier molecular flexibility index (Phi) is 4.42. The van der Waals surface area contributed by atoms with Gasteiger partial charge in [-0.3, -0.25) is 4.68 Å². The van der Waals surface area contributed by atoms with Gasteiger partial charge in [0, 0.05) is 32.3 Å². The van der Waals surface area contributed by atoms with Crippen LogP contribution in [0.2, 0.25) is 0 Å². The minimum atomic E-state index is -0.212. The first-order valence-corrected chi connectivity index (χ1v) is 6.99. The van der Waals surface area contributed by atoms with Gasteiger partial charge in [-0.1, -0.05) is 0 Å². The first kappa shape index (κ1) is 14.0. The predicted molar refractivity (Wildman–Crippen MR) is 72.4 cm³/mol. The van der Waals surface area contributed by atoms with Crippen molar-refractivity contribution in [3.8, 4) is 0 Å². The van der Waals surface area contributed by atoms with E-state index >= 15 is 0 Å². The minimum Gasteiger partial charge on any atom is -0.394 e. The monoisotopic (exact) mass is 317 g/mol. The number of aliphatic hydroxyl groups is 1. The molecule has 2 N–H and O–H groups in total. The first-order valence-electron chi connectivity index (χ1n) is 6.19. The summed E-state index contributed by atoms with van der Waals surface area (Å²) in [5, 5.41) is 17.5. The van der Waals surface area contributed by atoms with Crippen LogP contribution in [0, 0.1) is 6.92 Å². The minimum absolute atomic E-state index is 0.144. The van der Waals surface area contributed by atoms with E-state index in [9.17, 15) is 5.11 Å². The summed E-state index contributed by atoms with van der Waals surface area (Å²) in [6.45, 7) is 4.23. The van der Waals surface area contributed by atoms with Gasteiger partial charge < -0.3 is 15.2 Å². The van der Waals surface area contributed by atoms with Gasteiger partial charge in [0.15, 0.2) is 0 Å². The number of hydrogen-bond acceptors (Lipinski definition) is 4. The molecule has 0 bridgehead atoms. The van der Waals surface area contributed by atoms with Crippen molar-refractivity contribution in [2.45, 2.75) is 31.8 Å². The Balaban J connectivity index is 2.05. The Bertz CT molecular complexity index is 414. The molecule has 0 aromatic carbocycles. The number of aliphatic hydroxyl groups excluding tert-OH is 1. The summed E-state index contributed by atoms with van der Waals surface area (Å²) in [6, 6.07) is 0. The van der Waals surface area contributed by atoms with E-state index in [4.69, 9.17) is 4.74 Å². The molecule has 0 amide bonds. The molecule has 2 rings (SSSR count). The molecule has 0 aliphatic carbocycles. The second kappa shape index (κ2) is 5.69. The van der Waals surface area contributed by atoms with E-state index in [1.165, 1.54) is 0 Å². The van der Waals surface area contributed by atoms with Crippen LogP contribution in [0.3, 0.4) is 0 Å². The van der Waals surface area contributed by atoms with E-state index in [1.807, 2.05) is 18.7 Å². The average Bonchev–Trinajstić information content (AvgIpc) is 2.62. The summed E-state index contributed by atoms with van der Waals surface area (Å²) in [6.07, 6.45) is 1.69. The molecule has 1 saturated heterocycles. The summed E-state index contributed by atoms with van der Waals surface area (Å²) in [5.74, 6) is 0. The molecule has 2 heterocycles.